The van der Waals surface area contributed by atoms with Gasteiger partial charge in [-0.2, -0.15) is 4.73 Å². The van der Waals surface area contributed by atoms with Gasteiger partial charge in [0.15, 0.2) is 12.4 Å². The number of hydrogen-bond acceptors (Lipinski definition) is 7. The average molecular weight is 701 g/mol. The Morgan fingerprint density at radius 1 is 0.780 bits per heavy atom. The molecule has 50 heavy (non-hydrogen) atoms. The summed E-state index contributed by atoms with van der Waals surface area (Å²) in [6.45, 7) is 0.140. The molecule has 0 aliphatic rings. The zero-order valence-electron chi connectivity index (χ0n) is 27.2. The lowest BCUT2D eigenvalue weighted by atomic mass is 10.0. The molecule has 0 bridgehead atoms. The van der Waals surface area contributed by atoms with Gasteiger partial charge in [0.05, 0.1) is 11.3 Å². The van der Waals surface area contributed by atoms with E-state index in [0.717, 1.165) is 16.7 Å². The molecule has 2 unspecified atom stereocenters. The number of carboxylic acid groups (broad SMARTS) is 1. The molecule has 0 fully saturated rings. The highest BCUT2D eigenvalue weighted by atomic mass is 32.2. The Morgan fingerprint density at radius 2 is 1.44 bits per heavy atom. The first-order chi connectivity index (χ1) is 23.9. The number of nitrogens with one attached hydrogen (secondary N) is 4. The van der Waals surface area contributed by atoms with E-state index in [9.17, 15) is 33.1 Å². The van der Waals surface area contributed by atoms with Crippen LogP contribution in [0.5, 0.6) is 0 Å². The van der Waals surface area contributed by atoms with Crippen molar-refractivity contribution in [3.05, 3.63) is 142 Å². The number of sulfonamides is 1. The smallest absolute Gasteiger partial charge is 0.335 e. The summed E-state index contributed by atoms with van der Waals surface area (Å²) < 4.78 is 29.8. The van der Waals surface area contributed by atoms with Crippen molar-refractivity contribution in [1.82, 2.24) is 15.4 Å². The highest BCUT2D eigenvalue weighted by Gasteiger charge is 2.29. The molecule has 0 spiro atoms. The van der Waals surface area contributed by atoms with Gasteiger partial charge >= 0.3 is 5.97 Å². The molecule has 0 aliphatic carbocycles. The van der Waals surface area contributed by atoms with E-state index in [-0.39, 0.29) is 36.3 Å². The summed E-state index contributed by atoms with van der Waals surface area (Å²) in [7, 11) is -4.16. The van der Waals surface area contributed by atoms with Crippen molar-refractivity contribution >= 4 is 33.6 Å². The minimum atomic E-state index is -4.16. The molecule has 4 rings (SSSR count). The zero-order chi connectivity index (χ0) is 36.1. The van der Waals surface area contributed by atoms with E-state index in [1.165, 1.54) is 36.7 Å². The van der Waals surface area contributed by atoms with Crippen LogP contribution in [0.2, 0.25) is 0 Å². The zero-order valence-corrected chi connectivity index (χ0v) is 28.1. The van der Waals surface area contributed by atoms with Crippen molar-refractivity contribution < 1.29 is 32.6 Å². The fourth-order valence-corrected chi connectivity index (χ4v) is 6.61. The number of nitrogens with two attached hydrogens (primary N) is 1. The third-order valence-electron chi connectivity index (χ3n) is 7.93. The van der Waals surface area contributed by atoms with Crippen LogP contribution in [-0.4, -0.2) is 49.2 Å². The largest absolute Gasteiger partial charge is 0.619 e. The van der Waals surface area contributed by atoms with Crippen LogP contribution in [0.3, 0.4) is 0 Å². The predicted octanol–water partition coefficient (Wildman–Crippen LogP) is 2.55. The number of aryl methyl sites for hydroxylation is 2. The number of nitrogen functional groups attached to an aromatic ring is 1. The molecule has 3 aromatic carbocycles. The molecule has 0 aliphatic heterocycles. The number of amides is 2. The van der Waals surface area contributed by atoms with E-state index in [1.54, 1.807) is 36.4 Å². The quantitative estimate of drug-likeness (QED) is 0.0391. The van der Waals surface area contributed by atoms with Crippen LogP contribution in [0.25, 0.3) is 0 Å². The Labute approximate surface area is 290 Å². The second-order valence-electron chi connectivity index (χ2n) is 11.8. The van der Waals surface area contributed by atoms with Gasteiger partial charge in [0.1, 0.15) is 17.9 Å². The second kappa shape index (κ2) is 17.7. The molecule has 2 atom stereocenters. The molecule has 0 radical (unpaired) electrons. The van der Waals surface area contributed by atoms with Crippen LogP contribution < -0.4 is 25.8 Å². The molecule has 0 saturated carbocycles. The lowest BCUT2D eigenvalue weighted by molar-refractivity contribution is -0.605. The predicted molar refractivity (Wildman–Crippen MR) is 187 cm³/mol. The number of amidine groups is 1. The third kappa shape index (κ3) is 11.8. The summed E-state index contributed by atoms with van der Waals surface area (Å²) in [5, 5.41) is 33.9. The number of benzene rings is 3. The summed E-state index contributed by atoms with van der Waals surface area (Å²) in [5.41, 5.74) is 8.74. The molecule has 7 N–H and O–H groups in total. The Kier molecular flexibility index (Phi) is 13.2. The number of hydrogen-bond donors (Lipinski definition) is 6. The number of rotatable bonds is 18. The molecular formula is C36H40N6O7S. The number of pyridine rings is 1. The van der Waals surface area contributed by atoms with Crippen molar-refractivity contribution in [2.24, 2.45) is 5.73 Å². The number of aromatic nitrogens is 1. The SMILES string of the molecule is N=C(N)c1ccc(CNC(=O)C(CCc2ccccc2)NC(=O)C(CCCc2cc[n+]([O-])cc2)NS(=O)(=O)Cc2cccc(C(=O)O)c2)cc1. The van der Waals surface area contributed by atoms with Gasteiger partial charge in [-0.1, -0.05) is 66.7 Å². The first kappa shape index (κ1) is 37.2. The monoisotopic (exact) mass is 700 g/mol. The maximum absolute atomic E-state index is 13.8. The second-order valence-corrected chi connectivity index (χ2v) is 13.6. The fourth-order valence-electron chi connectivity index (χ4n) is 5.25. The number of carbonyl (C=O) groups excluding carboxylic acids is 2. The van der Waals surface area contributed by atoms with Gasteiger partial charge in [0.2, 0.25) is 21.8 Å². The molecule has 13 nitrogen and oxygen atoms in total. The third-order valence-corrected chi connectivity index (χ3v) is 9.28. The van der Waals surface area contributed by atoms with E-state index in [1.807, 2.05) is 30.3 Å². The van der Waals surface area contributed by atoms with E-state index in [0.29, 0.717) is 29.6 Å². The van der Waals surface area contributed by atoms with Crippen LogP contribution >= 0.6 is 0 Å². The van der Waals surface area contributed by atoms with Crippen molar-refractivity contribution in [3.63, 3.8) is 0 Å². The van der Waals surface area contributed by atoms with Gasteiger partial charge in [-0.05, 0) is 66.5 Å². The van der Waals surface area contributed by atoms with Gasteiger partial charge in [-0.25, -0.2) is 17.9 Å². The highest BCUT2D eigenvalue weighted by Crippen LogP contribution is 2.13. The Hall–Kier alpha value is -5.60. The highest BCUT2D eigenvalue weighted by molar-refractivity contribution is 7.88. The standard InChI is InChI=1S/C36H40N6O7S/c37-33(38)29-15-12-27(13-16-29)23-39-34(43)31(17-14-25-6-2-1-3-7-25)40-35(44)32(11-5-8-26-18-20-42(47)21-19-26)41-50(48,49)24-28-9-4-10-30(22-28)36(45)46/h1-4,6-7,9-10,12-13,15-16,18-22,31-32,41H,5,8,11,14,17,23-24H2,(H3,37,38)(H,39,43)(H,40,44)(H,45,46). The molecule has 1 aromatic heterocycles. The molecule has 1 heterocycles. The van der Waals surface area contributed by atoms with E-state index in [2.05, 4.69) is 15.4 Å². The van der Waals surface area contributed by atoms with Crippen LogP contribution in [-0.2, 0) is 44.8 Å². The Morgan fingerprint density at radius 3 is 2.10 bits per heavy atom. The van der Waals surface area contributed by atoms with Crippen molar-refractivity contribution in [1.29, 1.82) is 5.41 Å². The van der Waals surface area contributed by atoms with Gasteiger partial charge in [-0.15, -0.1) is 0 Å². The molecular weight excluding hydrogens is 660 g/mol. The first-order valence-corrected chi connectivity index (χ1v) is 17.6. The number of nitrogens with zero attached hydrogens (tertiary/aromatic N) is 1. The van der Waals surface area contributed by atoms with Gasteiger partial charge in [0, 0.05) is 24.2 Å². The fraction of sp³-hybridized carbons (Fsp3) is 0.250. The van der Waals surface area contributed by atoms with Crippen LogP contribution in [0.1, 0.15) is 57.4 Å². The average Bonchev–Trinajstić information content (AvgIpc) is 3.09. The normalized spacial score (nSPS) is 12.4. The lowest BCUT2D eigenvalue weighted by Crippen LogP contribution is -2.53. The van der Waals surface area contributed by atoms with Crippen molar-refractivity contribution in [3.8, 4) is 0 Å². The summed E-state index contributed by atoms with van der Waals surface area (Å²) in [5.74, 6) is -3.02. The summed E-state index contributed by atoms with van der Waals surface area (Å²) >= 11 is 0. The van der Waals surface area contributed by atoms with Gasteiger partial charge in [-0.3, -0.25) is 15.0 Å². The molecule has 14 heteroatoms. The molecule has 2 amide bonds. The molecule has 0 saturated heterocycles. The minimum Gasteiger partial charge on any atom is -0.619 e. The van der Waals surface area contributed by atoms with Crippen molar-refractivity contribution in [2.45, 2.75) is 56.5 Å². The van der Waals surface area contributed by atoms with Crippen LogP contribution in [0, 0.1) is 10.6 Å². The summed E-state index contributed by atoms with van der Waals surface area (Å²) in [4.78, 5) is 38.8. The Balaban J connectivity index is 1.51. The maximum atomic E-state index is 13.8. The van der Waals surface area contributed by atoms with E-state index < -0.39 is 45.6 Å². The van der Waals surface area contributed by atoms with Gasteiger partial charge < -0.3 is 26.7 Å². The van der Waals surface area contributed by atoms with Crippen LogP contribution in [0.15, 0.2) is 103 Å². The first-order valence-electron chi connectivity index (χ1n) is 15.9. The molecule has 262 valence electrons. The number of aromatic carboxylic acids is 1. The van der Waals surface area contributed by atoms with E-state index in [4.69, 9.17) is 11.1 Å². The summed E-state index contributed by atoms with van der Waals surface area (Å²) in [6.07, 6.45) is 4.27. The lowest BCUT2D eigenvalue weighted by Gasteiger charge is -2.23. The Bertz CT molecular complexity index is 1890. The molecule has 4 aromatic rings. The van der Waals surface area contributed by atoms with E-state index >= 15 is 0 Å². The van der Waals surface area contributed by atoms with Gasteiger partial charge in [0.25, 0.3) is 0 Å². The maximum Gasteiger partial charge on any atom is 0.335 e. The number of carbonyl (C=O) groups is 3. The number of carboxylic acids is 1. The topological polar surface area (TPSA) is 218 Å². The van der Waals surface area contributed by atoms with Crippen LogP contribution in [0.4, 0.5) is 0 Å². The summed E-state index contributed by atoms with van der Waals surface area (Å²) in [6, 6.07) is 22.7. The minimum absolute atomic E-state index is 0.0714. The van der Waals surface area contributed by atoms with Crippen molar-refractivity contribution in [2.75, 3.05) is 0 Å².